The van der Waals surface area contributed by atoms with Crippen LogP contribution in [0.25, 0.3) is 0 Å². The first-order valence-corrected chi connectivity index (χ1v) is 18.0. The second kappa shape index (κ2) is 19.5. The van der Waals surface area contributed by atoms with Crippen molar-refractivity contribution in [3.63, 3.8) is 0 Å². The average Bonchev–Trinajstić information content (AvgIpc) is 3.17. The highest BCUT2D eigenvalue weighted by molar-refractivity contribution is 5.95. The van der Waals surface area contributed by atoms with E-state index in [1.807, 2.05) is 80.0 Å². The van der Waals surface area contributed by atoms with Gasteiger partial charge in [-0.05, 0) is 114 Å². The first-order chi connectivity index (χ1) is 25.2. The summed E-state index contributed by atoms with van der Waals surface area (Å²) in [5.41, 5.74) is 5.80. The van der Waals surface area contributed by atoms with Crippen LogP contribution in [0.3, 0.4) is 0 Å². The Hall–Kier alpha value is -5.38. The van der Waals surface area contributed by atoms with E-state index in [1.54, 1.807) is 30.6 Å². The molecule has 0 N–H and O–H groups in total. The van der Waals surface area contributed by atoms with Crippen LogP contribution in [-0.4, -0.2) is 82.5 Å². The summed E-state index contributed by atoms with van der Waals surface area (Å²) in [5, 5.41) is 0. The van der Waals surface area contributed by atoms with Gasteiger partial charge in [0.05, 0.1) is 34.3 Å². The molecule has 2 aromatic carbocycles. The van der Waals surface area contributed by atoms with Crippen molar-refractivity contribution in [1.82, 2.24) is 19.8 Å². The molecule has 2 atom stereocenters. The molecule has 2 amide bonds. The van der Waals surface area contributed by atoms with Crippen LogP contribution in [0.15, 0.2) is 73.1 Å². The minimum Gasteiger partial charge on any atom is -0.491 e. The molecule has 6 rings (SSSR count). The summed E-state index contributed by atoms with van der Waals surface area (Å²) in [6.07, 6.45) is 10.9. The van der Waals surface area contributed by atoms with Gasteiger partial charge in [0.15, 0.2) is 12.6 Å². The first kappa shape index (κ1) is 40.4. The molecule has 280 valence electrons. The fourth-order valence-corrected chi connectivity index (χ4v) is 6.74. The zero-order valence-electron chi connectivity index (χ0n) is 30.5. The highest BCUT2D eigenvalue weighted by atomic mass is 16.5. The Balaban J connectivity index is 0.000000232. The summed E-state index contributed by atoms with van der Waals surface area (Å²) >= 11 is 0. The fraction of sp³-hybridized carbons (Fsp3) is 0.395. The van der Waals surface area contributed by atoms with Crippen LogP contribution in [0.4, 0.5) is 0 Å². The van der Waals surface area contributed by atoms with E-state index < -0.39 is 0 Å². The Bertz CT molecular complexity index is 1860. The summed E-state index contributed by atoms with van der Waals surface area (Å²) in [7, 11) is 0. The van der Waals surface area contributed by atoms with Crippen molar-refractivity contribution in [3.05, 3.63) is 118 Å². The van der Waals surface area contributed by atoms with Crippen LogP contribution >= 0.6 is 0 Å². The van der Waals surface area contributed by atoms with Gasteiger partial charge < -0.3 is 19.3 Å². The second-order valence-electron chi connectivity index (χ2n) is 13.5. The highest BCUT2D eigenvalue weighted by Crippen LogP contribution is 2.26. The molecule has 2 aromatic heterocycles. The zero-order valence-corrected chi connectivity index (χ0v) is 30.5. The van der Waals surface area contributed by atoms with Gasteiger partial charge in [-0.2, -0.15) is 0 Å². The van der Waals surface area contributed by atoms with Crippen molar-refractivity contribution < 1.29 is 28.7 Å². The zero-order chi connectivity index (χ0) is 37.0. The lowest BCUT2D eigenvalue weighted by Crippen LogP contribution is -2.47. The number of amides is 2. The molecule has 10 nitrogen and oxygen atoms in total. The lowest BCUT2D eigenvalue weighted by atomic mass is 10.0. The van der Waals surface area contributed by atoms with Gasteiger partial charge in [-0.25, -0.2) is 0 Å². The Labute approximate surface area is 313 Å². The number of aldehydes is 2. The van der Waals surface area contributed by atoms with Crippen molar-refractivity contribution in [3.8, 4) is 11.5 Å². The lowest BCUT2D eigenvalue weighted by Gasteiger charge is -2.36. The molecular formula is C43H52N4O6. The second-order valence-corrected chi connectivity index (χ2v) is 13.5. The van der Waals surface area contributed by atoms with Gasteiger partial charge in [-0.15, -0.1) is 0 Å². The van der Waals surface area contributed by atoms with E-state index in [0.717, 1.165) is 86.7 Å². The number of nitrogens with zero attached hydrogens (tertiary/aromatic N) is 4. The third-order valence-corrected chi connectivity index (χ3v) is 9.84. The van der Waals surface area contributed by atoms with E-state index in [2.05, 4.69) is 9.97 Å². The number of carbonyl (C=O) groups excluding carboxylic acids is 4. The third kappa shape index (κ3) is 10.2. The number of aryl methyl sites for hydroxylation is 4. The quantitative estimate of drug-likeness (QED) is 0.152. The van der Waals surface area contributed by atoms with Crippen LogP contribution < -0.4 is 9.47 Å². The minimum absolute atomic E-state index is 0. The maximum absolute atomic E-state index is 13.0. The molecular weight excluding hydrogens is 668 g/mol. The Morgan fingerprint density at radius 3 is 1.74 bits per heavy atom. The molecule has 4 aromatic rings. The van der Waals surface area contributed by atoms with E-state index in [4.69, 9.17) is 9.47 Å². The monoisotopic (exact) mass is 720 g/mol. The summed E-state index contributed by atoms with van der Waals surface area (Å²) in [6, 6.07) is 18.4. The van der Waals surface area contributed by atoms with Crippen molar-refractivity contribution >= 4 is 24.4 Å². The summed E-state index contributed by atoms with van der Waals surface area (Å²) in [4.78, 5) is 60.8. The minimum atomic E-state index is -0.00865. The molecule has 2 saturated heterocycles. The molecule has 0 radical (unpaired) electrons. The van der Waals surface area contributed by atoms with Crippen molar-refractivity contribution in [2.75, 3.05) is 26.3 Å². The first-order valence-electron chi connectivity index (χ1n) is 18.0. The Morgan fingerprint density at radius 1 is 0.698 bits per heavy atom. The van der Waals surface area contributed by atoms with E-state index in [-0.39, 0.29) is 31.3 Å². The Kier molecular flexibility index (Phi) is 14.8. The molecule has 53 heavy (non-hydrogen) atoms. The summed E-state index contributed by atoms with van der Waals surface area (Å²) in [5.74, 6) is 1.15. The number of ether oxygens (including phenoxy) is 2. The Morgan fingerprint density at radius 2 is 1.25 bits per heavy atom. The normalized spacial score (nSPS) is 16.7. The maximum Gasteiger partial charge on any atom is 0.256 e. The highest BCUT2D eigenvalue weighted by Gasteiger charge is 2.30. The van der Waals surface area contributed by atoms with E-state index >= 15 is 0 Å². The van der Waals surface area contributed by atoms with Crippen LogP contribution in [0.2, 0.25) is 0 Å². The molecule has 2 aliphatic rings. The molecule has 0 spiro atoms. The van der Waals surface area contributed by atoms with Crippen LogP contribution in [-0.2, 0) is 0 Å². The predicted octanol–water partition coefficient (Wildman–Crippen LogP) is 7.81. The fourth-order valence-electron chi connectivity index (χ4n) is 6.74. The third-order valence-electron chi connectivity index (χ3n) is 9.84. The SMILES string of the molecule is C.Cc1ccc(C(=O)N2CCCC[C@H]2COc2cccc(C)c2C=O)cn1.Cc1cccc(OC[C@@H]2CCCCN2C(=O)c2cccnc2C)c1C=O. The van der Waals surface area contributed by atoms with Crippen molar-refractivity contribution in [1.29, 1.82) is 0 Å². The predicted molar refractivity (Wildman–Crippen MR) is 206 cm³/mol. The van der Waals surface area contributed by atoms with Crippen molar-refractivity contribution in [2.45, 2.75) is 85.7 Å². The van der Waals surface area contributed by atoms with Crippen LogP contribution in [0.5, 0.6) is 11.5 Å². The standard InChI is InChI=1S/2C21H24N2O3.CH4/c1-15-7-5-10-20(19(15)13-24)26-14-17-8-3-4-12-23(17)21(25)18-9-6-11-22-16(18)2;1-15-6-5-8-20(19(15)13-24)26-14-18-7-3-4-11-23(18)21(25)17-10-9-16(2)22-12-17;/h5-7,9-11,13,17H,3-4,8,12,14H2,1-2H3;5-6,8-10,12-13,18H,3-4,7,11,14H2,1-2H3;1H4/t17-;18-;/m00./s1. The lowest BCUT2D eigenvalue weighted by molar-refractivity contribution is 0.0521. The van der Waals surface area contributed by atoms with Gasteiger partial charge in [-0.3, -0.25) is 29.1 Å². The number of rotatable bonds is 10. The number of carbonyl (C=O) groups is 4. The largest absolute Gasteiger partial charge is 0.491 e. The molecule has 0 unspecified atom stereocenters. The molecule has 0 bridgehead atoms. The smallest absolute Gasteiger partial charge is 0.256 e. The number of hydrogen-bond donors (Lipinski definition) is 0. The molecule has 0 saturated carbocycles. The van der Waals surface area contributed by atoms with E-state index in [1.165, 1.54) is 0 Å². The molecule has 2 aliphatic heterocycles. The molecule has 4 heterocycles. The van der Waals surface area contributed by atoms with Gasteiger partial charge in [0.1, 0.15) is 24.7 Å². The topological polar surface area (TPSA) is 119 Å². The van der Waals surface area contributed by atoms with Crippen LogP contribution in [0, 0.1) is 27.7 Å². The summed E-state index contributed by atoms with van der Waals surface area (Å²) < 4.78 is 11.9. The van der Waals surface area contributed by atoms with Gasteiger partial charge in [0.2, 0.25) is 0 Å². The van der Waals surface area contributed by atoms with Crippen LogP contribution in [0.1, 0.15) is 110 Å². The number of piperidine rings is 2. The maximum atomic E-state index is 13.0. The molecule has 10 heteroatoms. The molecule has 2 fully saturated rings. The van der Waals surface area contributed by atoms with E-state index in [9.17, 15) is 19.2 Å². The van der Waals surface area contributed by atoms with E-state index in [0.29, 0.717) is 47.0 Å². The number of aromatic nitrogens is 2. The van der Waals surface area contributed by atoms with Crippen molar-refractivity contribution in [2.24, 2.45) is 0 Å². The number of hydrogen-bond acceptors (Lipinski definition) is 8. The average molecular weight is 721 g/mol. The number of likely N-dealkylation sites (tertiary alicyclic amines) is 2. The van der Waals surface area contributed by atoms with Gasteiger partial charge in [0.25, 0.3) is 11.8 Å². The van der Waals surface area contributed by atoms with Gasteiger partial charge in [0, 0.05) is 36.9 Å². The van der Waals surface area contributed by atoms with Gasteiger partial charge in [-0.1, -0.05) is 31.7 Å². The molecule has 0 aliphatic carbocycles. The number of benzene rings is 2. The number of pyridine rings is 2. The van der Waals surface area contributed by atoms with Gasteiger partial charge >= 0.3 is 0 Å². The summed E-state index contributed by atoms with van der Waals surface area (Å²) in [6.45, 7) is 9.73.